The smallest absolute Gasteiger partial charge is 0.307 e. The molecule has 0 bridgehead atoms. The third kappa shape index (κ3) is 9.23. The van der Waals surface area contributed by atoms with Gasteiger partial charge in [0.15, 0.2) is 5.58 Å². The molecule has 2 aromatic heterocycles. The molecule has 61 heavy (non-hydrogen) atoms. The minimum Gasteiger partial charge on any atom is -0.481 e. The van der Waals surface area contributed by atoms with Gasteiger partial charge >= 0.3 is 11.9 Å². The molecule has 2 aliphatic rings. The molecule has 0 saturated carbocycles. The predicted molar refractivity (Wildman–Crippen MR) is 227 cm³/mol. The summed E-state index contributed by atoms with van der Waals surface area (Å²) in [6.45, 7) is 4.23. The van der Waals surface area contributed by atoms with Crippen LogP contribution in [0.5, 0.6) is 11.8 Å². The molecular weight excluding hydrogens is 798 g/mol. The van der Waals surface area contributed by atoms with Crippen molar-refractivity contribution in [3.05, 3.63) is 129 Å². The van der Waals surface area contributed by atoms with E-state index >= 15 is 0 Å². The summed E-state index contributed by atoms with van der Waals surface area (Å²) in [6, 6.07) is 29.5. The van der Waals surface area contributed by atoms with E-state index < -0.39 is 18.0 Å². The van der Waals surface area contributed by atoms with E-state index in [9.17, 15) is 25.1 Å². The summed E-state index contributed by atoms with van der Waals surface area (Å²) in [4.78, 5) is 34.2. The minimum atomic E-state index is -1.09. The van der Waals surface area contributed by atoms with Crippen LogP contribution >= 0.6 is 11.6 Å². The molecule has 14 heteroatoms. The van der Waals surface area contributed by atoms with Gasteiger partial charge in [0.2, 0.25) is 17.7 Å². The Morgan fingerprint density at radius 2 is 1.77 bits per heavy atom. The highest BCUT2D eigenvalue weighted by molar-refractivity contribution is 6.31. The van der Waals surface area contributed by atoms with Crippen molar-refractivity contribution in [1.82, 2.24) is 20.2 Å². The highest BCUT2D eigenvalue weighted by atomic mass is 35.5. The van der Waals surface area contributed by atoms with E-state index in [0.717, 1.165) is 50.9 Å². The number of carbonyl (C=O) groups is 2. The second-order valence-corrected chi connectivity index (χ2v) is 16.0. The number of carboxylic acid groups (broad SMARTS) is 2. The summed E-state index contributed by atoms with van der Waals surface area (Å²) in [7, 11) is 0. The first-order valence-corrected chi connectivity index (χ1v) is 20.6. The van der Waals surface area contributed by atoms with Gasteiger partial charge in [-0.1, -0.05) is 72.3 Å². The number of nitrogens with zero attached hydrogens (tertiary/aromatic N) is 4. The zero-order valence-electron chi connectivity index (χ0n) is 33.4. The number of carboxylic acids is 2. The van der Waals surface area contributed by atoms with Crippen LogP contribution in [-0.2, 0) is 35.7 Å². The van der Waals surface area contributed by atoms with Gasteiger partial charge in [-0.2, -0.15) is 10.2 Å². The zero-order chi connectivity index (χ0) is 42.6. The van der Waals surface area contributed by atoms with Crippen LogP contribution in [0.1, 0.15) is 64.3 Å². The fraction of sp³-hybridized carbons (Fsp3) is 0.298. The maximum Gasteiger partial charge on any atom is 0.307 e. The SMILES string of the molecule is Cc1c(-c2nc3cc(CN4CC[C@H](C(=O)O)C4)cc(C#N)c3o2)cccc1-c1cccc2c1CC[C@@H]2Oc1nc(OCc2ccccc2)c(CNCC(O)CC(=O)O)cc1Cl. The van der Waals surface area contributed by atoms with Gasteiger partial charge in [-0.3, -0.25) is 14.5 Å². The first-order valence-electron chi connectivity index (χ1n) is 20.2. The summed E-state index contributed by atoms with van der Waals surface area (Å²) in [5.74, 6) is -1.32. The quantitative estimate of drug-likeness (QED) is 0.0737. The Hall–Kier alpha value is -6.30. The Balaban J connectivity index is 1.04. The number of aliphatic carboxylic acids is 2. The van der Waals surface area contributed by atoms with Crippen LogP contribution in [0.15, 0.2) is 89.3 Å². The Kier molecular flexibility index (Phi) is 12.3. The molecule has 4 N–H and O–H groups in total. The molecular formula is C47H44ClN5O8. The number of hydrogen-bond donors (Lipinski definition) is 4. The first-order chi connectivity index (χ1) is 29.5. The molecule has 0 amide bonds. The number of aliphatic hydroxyl groups excluding tert-OH is 1. The number of fused-ring (bicyclic) bond motifs is 2. The predicted octanol–water partition coefficient (Wildman–Crippen LogP) is 7.87. The van der Waals surface area contributed by atoms with E-state index in [4.69, 9.17) is 40.6 Å². The minimum absolute atomic E-state index is 0.0552. The molecule has 8 rings (SSSR count). The zero-order valence-corrected chi connectivity index (χ0v) is 34.2. The van der Waals surface area contributed by atoms with Crippen LogP contribution in [0.2, 0.25) is 5.02 Å². The molecule has 0 spiro atoms. The van der Waals surface area contributed by atoms with E-state index in [2.05, 4.69) is 34.5 Å². The van der Waals surface area contributed by atoms with Crippen LogP contribution in [-0.4, -0.2) is 67.9 Å². The van der Waals surface area contributed by atoms with Gasteiger partial charge in [-0.05, 0) is 95.9 Å². The molecule has 1 fully saturated rings. The molecule has 4 aromatic carbocycles. The Labute approximate surface area is 357 Å². The van der Waals surface area contributed by atoms with E-state index in [1.165, 1.54) is 0 Å². The van der Waals surface area contributed by atoms with Gasteiger partial charge in [0, 0.05) is 37.3 Å². The Bertz CT molecular complexity index is 2640. The fourth-order valence-electron chi connectivity index (χ4n) is 8.30. The molecule has 3 atom stereocenters. The average Bonchev–Trinajstić information content (AvgIpc) is 4.00. The third-order valence-corrected chi connectivity index (χ3v) is 11.6. The van der Waals surface area contributed by atoms with Gasteiger partial charge in [0.1, 0.15) is 29.3 Å². The number of rotatable bonds is 16. The normalized spacial score (nSPS) is 16.6. The maximum atomic E-state index is 11.5. The number of hydrogen-bond acceptors (Lipinski definition) is 11. The lowest BCUT2D eigenvalue weighted by atomic mass is 9.91. The number of ether oxygens (including phenoxy) is 2. The second-order valence-electron chi connectivity index (χ2n) is 15.6. The summed E-state index contributed by atoms with van der Waals surface area (Å²) >= 11 is 6.82. The van der Waals surface area contributed by atoms with E-state index in [1.807, 2.05) is 61.5 Å². The summed E-state index contributed by atoms with van der Waals surface area (Å²) in [6.07, 6.45) is 0.251. The third-order valence-electron chi connectivity index (χ3n) is 11.3. The number of nitrogens with one attached hydrogen (secondary N) is 1. The number of aromatic nitrogens is 2. The van der Waals surface area contributed by atoms with Crippen LogP contribution in [0.3, 0.4) is 0 Å². The number of nitriles is 1. The molecule has 0 radical (unpaired) electrons. The van der Waals surface area contributed by atoms with Crippen LogP contribution < -0.4 is 14.8 Å². The second kappa shape index (κ2) is 18.1. The van der Waals surface area contributed by atoms with E-state index in [-0.39, 0.29) is 49.0 Å². The monoisotopic (exact) mass is 841 g/mol. The van der Waals surface area contributed by atoms with Crippen molar-refractivity contribution in [2.24, 2.45) is 5.92 Å². The summed E-state index contributed by atoms with van der Waals surface area (Å²) < 4.78 is 19.1. The van der Waals surface area contributed by atoms with Crippen molar-refractivity contribution in [3.63, 3.8) is 0 Å². The van der Waals surface area contributed by atoms with Crippen LogP contribution in [0, 0.1) is 24.2 Å². The fourth-order valence-corrected chi connectivity index (χ4v) is 8.52. The lowest BCUT2D eigenvalue weighted by Crippen LogP contribution is -2.28. The Morgan fingerprint density at radius 3 is 2.54 bits per heavy atom. The highest BCUT2D eigenvalue weighted by Gasteiger charge is 2.30. The van der Waals surface area contributed by atoms with Gasteiger partial charge in [0.05, 0.1) is 24.0 Å². The van der Waals surface area contributed by atoms with E-state index in [1.54, 1.807) is 12.1 Å². The van der Waals surface area contributed by atoms with Crippen molar-refractivity contribution in [1.29, 1.82) is 5.26 Å². The number of oxazole rings is 1. The van der Waals surface area contributed by atoms with Crippen LogP contribution in [0.4, 0.5) is 0 Å². The molecule has 1 unspecified atom stereocenters. The summed E-state index contributed by atoms with van der Waals surface area (Å²) in [5.41, 5.74) is 9.81. The van der Waals surface area contributed by atoms with Gasteiger partial charge < -0.3 is 34.5 Å². The number of benzene rings is 4. The standard InChI is InChI=1S/C47H44ClN5O8/c1-27-34(9-5-10-35(27)45-51-40-18-29(17-31(21-49)43(40)61-45)24-53-16-15-30(25-53)47(57)58)36-11-6-12-38-37(36)13-14-41(38)60-46-39(48)19-32(22-50-23-33(54)20-42(55)56)44(52-46)59-26-28-7-3-2-4-8-28/h2-12,17-19,30,33,41,50,54H,13-16,20,22-26H2,1H3,(H,55,56)(H,57,58)/t30-,33?,41-/m0/s1. The van der Waals surface area contributed by atoms with Crippen molar-refractivity contribution in [2.45, 2.75) is 64.5 Å². The van der Waals surface area contributed by atoms with Gasteiger partial charge in [-0.15, -0.1) is 0 Å². The molecule has 1 aliphatic heterocycles. The average molecular weight is 842 g/mol. The Morgan fingerprint density at radius 1 is 0.984 bits per heavy atom. The maximum absolute atomic E-state index is 11.5. The number of pyridine rings is 1. The largest absolute Gasteiger partial charge is 0.481 e. The molecule has 13 nitrogen and oxygen atoms in total. The van der Waals surface area contributed by atoms with Crippen molar-refractivity contribution < 1.29 is 38.8 Å². The molecule has 312 valence electrons. The molecule has 3 heterocycles. The number of aliphatic hydroxyl groups is 1. The number of halogens is 1. The van der Waals surface area contributed by atoms with Gasteiger partial charge in [-0.25, -0.2) is 4.98 Å². The molecule has 6 aromatic rings. The van der Waals surface area contributed by atoms with Crippen LogP contribution in [0.25, 0.3) is 33.7 Å². The summed E-state index contributed by atoms with van der Waals surface area (Å²) in [5, 5.41) is 42.0. The van der Waals surface area contributed by atoms with Crippen molar-refractivity contribution >= 4 is 34.6 Å². The van der Waals surface area contributed by atoms with Crippen molar-refractivity contribution in [3.8, 4) is 40.4 Å². The lowest BCUT2D eigenvalue weighted by Gasteiger charge is -2.19. The molecule has 1 aliphatic carbocycles. The van der Waals surface area contributed by atoms with Gasteiger partial charge in [0.25, 0.3) is 0 Å². The highest BCUT2D eigenvalue weighted by Crippen LogP contribution is 2.43. The lowest BCUT2D eigenvalue weighted by molar-refractivity contribution is -0.141. The topological polar surface area (TPSA) is 191 Å². The molecule has 1 saturated heterocycles. The van der Waals surface area contributed by atoms with E-state index in [0.29, 0.717) is 66.5 Å². The van der Waals surface area contributed by atoms with Crippen molar-refractivity contribution in [2.75, 3.05) is 19.6 Å². The first kappa shape index (κ1) is 41.4. The number of likely N-dealkylation sites (tertiary alicyclic amines) is 1.